The van der Waals surface area contributed by atoms with E-state index in [1.165, 1.54) is 54.6 Å². The van der Waals surface area contributed by atoms with E-state index in [1.807, 2.05) is 18.2 Å². The fraction of sp³-hybridized carbons (Fsp3) is 0. The number of carboxylic acid groups (broad SMARTS) is 1. The quantitative estimate of drug-likeness (QED) is 0.0245. The zero-order valence-corrected chi connectivity index (χ0v) is 36.9. The molecule has 8 rings (SSSR count). The molecule has 0 radical (unpaired) electrons. The minimum Gasteiger partial charge on any atom is -0.505 e. The molecule has 69 heavy (non-hydrogen) atoms. The van der Waals surface area contributed by atoms with Crippen molar-refractivity contribution in [2.75, 3.05) is 11.5 Å². The number of rotatable bonds is 13. The summed E-state index contributed by atoms with van der Waals surface area (Å²) in [4.78, 5) is 9.86. The van der Waals surface area contributed by atoms with Gasteiger partial charge in [-0.2, -0.15) is 37.3 Å². The van der Waals surface area contributed by atoms with Gasteiger partial charge in [-0.25, -0.2) is 4.79 Å². The standard InChI is InChI=1S/C47H34N10O10S2/c48-35-18-21-37(54-50-29-6-2-1-3-7-29)33-17-20-39(45(58)42(33)35)56-51-30-14-10-26(11-15-30)9-12-27-13-16-32(24-40(27)68(62,63)64)53-57-44-41(69(65,66)67)25-34-38(22-19-36(49)43(34)46(44)59)55-52-31-8-4-5-28(23-31)47(60)61/h1-25,58-59H,48-49H2,(H,60,61)(H,62,63,64)(H,65,66,67)/b12-9+,54-50?,55-52?,56-51?,57-53?. The predicted octanol–water partition coefficient (Wildman–Crippen LogP) is 12.6. The third-order valence-electron chi connectivity index (χ3n) is 10.2. The highest BCUT2D eigenvalue weighted by atomic mass is 32.2. The van der Waals surface area contributed by atoms with E-state index in [9.17, 15) is 46.1 Å². The second kappa shape index (κ2) is 19.0. The predicted molar refractivity (Wildman–Crippen MR) is 258 cm³/mol. The van der Waals surface area contributed by atoms with Crippen LogP contribution in [-0.4, -0.2) is 47.2 Å². The highest BCUT2D eigenvalue weighted by molar-refractivity contribution is 7.86. The van der Waals surface area contributed by atoms with Crippen LogP contribution in [-0.2, 0) is 20.2 Å². The summed E-state index contributed by atoms with van der Waals surface area (Å²) in [6, 6.07) is 34.9. The maximum Gasteiger partial charge on any atom is 0.335 e. The lowest BCUT2D eigenvalue weighted by Gasteiger charge is -2.12. The highest BCUT2D eigenvalue weighted by Gasteiger charge is 2.25. The number of anilines is 2. The molecule has 0 aromatic heterocycles. The van der Waals surface area contributed by atoms with Crippen molar-refractivity contribution in [3.05, 3.63) is 156 Å². The summed E-state index contributed by atoms with van der Waals surface area (Å²) in [5.41, 5.74) is 14.0. The van der Waals surface area contributed by atoms with E-state index in [0.717, 1.165) is 12.1 Å². The Morgan fingerprint density at radius 2 is 1.01 bits per heavy atom. The van der Waals surface area contributed by atoms with Crippen LogP contribution < -0.4 is 11.5 Å². The van der Waals surface area contributed by atoms with Crippen molar-refractivity contribution in [3.63, 3.8) is 0 Å². The van der Waals surface area contributed by atoms with Gasteiger partial charge in [0.15, 0.2) is 11.5 Å². The van der Waals surface area contributed by atoms with Crippen LogP contribution in [0.15, 0.2) is 190 Å². The van der Waals surface area contributed by atoms with Gasteiger partial charge >= 0.3 is 5.97 Å². The number of fused-ring (bicyclic) bond motifs is 2. The average molecular weight is 963 g/mol. The van der Waals surface area contributed by atoms with Crippen molar-refractivity contribution in [2.45, 2.75) is 9.79 Å². The van der Waals surface area contributed by atoms with E-state index < -0.39 is 47.4 Å². The summed E-state index contributed by atoms with van der Waals surface area (Å²) < 4.78 is 70.8. The number of hydrogen-bond donors (Lipinski definition) is 7. The number of aromatic hydroxyl groups is 2. The number of aromatic carboxylic acids is 1. The van der Waals surface area contributed by atoms with Crippen molar-refractivity contribution in [1.29, 1.82) is 0 Å². The molecule has 0 saturated carbocycles. The number of nitrogens with zero attached hydrogens (tertiary/aromatic N) is 8. The Labute approximate surface area is 391 Å². The molecule has 20 nitrogen and oxygen atoms in total. The number of phenols is 2. The lowest BCUT2D eigenvalue weighted by molar-refractivity contribution is 0.0696. The molecule has 0 aliphatic rings. The summed E-state index contributed by atoms with van der Waals surface area (Å²) in [5.74, 6) is -2.25. The molecule has 0 amide bonds. The number of phenolic OH excluding ortho intramolecular Hbond substituents is 2. The monoisotopic (exact) mass is 962 g/mol. The third kappa shape index (κ3) is 10.3. The lowest BCUT2D eigenvalue weighted by Crippen LogP contribution is -2.00. The summed E-state index contributed by atoms with van der Waals surface area (Å²) in [5, 5.41) is 65.3. The van der Waals surface area contributed by atoms with Crippen LogP contribution in [0.2, 0.25) is 0 Å². The molecule has 0 bridgehead atoms. The molecule has 8 aromatic rings. The molecule has 0 aliphatic heterocycles. The van der Waals surface area contributed by atoms with Crippen LogP contribution >= 0.6 is 0 Å². The van der Waals surface area contributed by atoms with Gasteiger partial charge < -0.3 is 26.8 Å². The van der Waals surface area contributed by atoms with Gasteiger partial charge in [0.05, 0.1) is 50.5 Å². The van der Waals surface area contributed by atoms with Crippen LogP contribution in [0.25, 0.3) is 33.7 Å². The number of carboxylic acids is 1. The molecule has 344 valence electrons. The number of nitrogens with two attached hydrogens (primary N) is 2. The van der Waals surface area contributed by atoms with E-state index >= 15 is 0 Å². The molecule has 0 spiro atoms. The maximum atomic E-state index is 12.6. The second-order valence-corrected chi connectivity index (χ2v) is 17.6. The first-order valence-corrected chi connectivity index (χ1v) is 22.9. The fourth-order valence-corrected chi connectivity index (χ4v) is 8.22. The van der Waals surface area contributed by atoms with Crippen molar-refractivity contribution >= 4 is 117 Å². The van der Waals surface area contributed by atoms with Gasteiger partial charge in [-0.05, 0) is 108 Å². The molecule has 22 heteroatoms. The van der Waals surface area contributed by atoms with Gasteiger partial charge in [0.1, 0.15) is 21.2 Å². The molecule has 8 aromatic carbocycles. The van der Waals surface area contributed by atoms with Crippen LogP contribution in [0.4, 0.5) is 56.9 Å². The smallest absolute Gasteiger partial charge is 0.335 e. The number of carbonyl (C=O) groups is 1. The molecule has 0 atom stereocenters. The summed E-state index contributed by atoms with van der Waals surface area (Å²) in [6.07, 6.45) is 2.95. The summed E-state index contributed by atoms with van der Waals surface area (Å²) in [6.45, 7) is 0. The van der Waals surface area contributed by atoms with Gasteiger partial charge in [-0.1, -0.05) is 54.6 Å². The number of nitrogen functional groups attached to an aromatic ring is 2. The van der Waals surface area contributed by atoms with Crippen LogP contribution in [0.1, 0.15) is 21.5 Å². The zero-order chi connectivity index (χ0) is 49.0. The lowest BCUT2D eigenvalue weighted by atomic mass is 10.0. The van der Waals surface area contributed by atoms with Crippen molar-refractivity contribution < 1.29 is 46.1 Å². The van der Waals surface area contributed by atoms with Crippen molar-refractivity contribution in [1.82, 2.24) is 0 Å². The summed E-state index contributed by atoms with van der Waals surface area (Å²) in [7, 11) is -10.0. The Kier molecular flexibility index (Phi) is 12.8. The largest absolute Gasteiger partial charge is 0.505 e. The molecule has 0 aliphatic carbocycles. The number of azo groups is 4. The maximum absolute atomic E-state index is 12.6. The van der Waals surface area contributed by atoms with Crippen LogP contribution in [0, 0.1) is 0 Å². The molecular formula is C47H34N10O10S2. The SMILES string of the molecule is Nc1ccc(N=Nc2ccccc2)c2ccc(N=Nc3ccc(/C=C/c4ccc(N=Nc5c(S(=O)(=O)O)cc6c(N=Nc7cccc(C(=O)O)c7)ccc(N)c6c5O)cc4S(=O)(=O)O)cc3)c(O)c12. The first-order chi connectivity index (χ1) is 32.9. The van der Waals surface area contributed by atoms with E-state index in [2.05, 4.69) is 40.9 Å². The molecule has 0 fully saturated rings. The van der Waals surface area contributed by atoms with E-state index in [0.29, 0.717) is 39.1 Å². The molecule has 0 heterocycles. The Morgan fingerprint density at radius 1 is 0.478 bits per heavy atom. The van der Waals surface area contributed by atoms with Gasteiger partial charge in [-0.15, -0.1) is 20.5 Å². The minimum atomic E-state index is -5.14. The van der Waals surface area contributed by atoms with E-state index in [-0.39, 0.29) is 56.1 Å². The average Bonchev–Trinajstić information content (AvgIpc) is 3.32. The number of hydrogen-bond acceptors (Lipinski definition) is 17. The third-order valence-corrected chi connectivity index (χ3v) is 12.0. The zero-order valence-electron chi connectivity index (χ0n) is 35.3. The topological polar surface area (TPSA) is 337 Å². The first kappa shape index (κ1) is 46.4. The van der Waals surface area contributed by atoms with Gasteiger partial charge in [-0.3, -0.25) is 9.11 Å². The molecule has 9 N–H and O–H groups in total. The summed E-state index contributed by atoms with van der Waals surface area (Å²) >= 11 is 0. The normalized spacial score (nSPS) is 12.5. The number of benzene rings is 8. The van der Waals surface area contributed by atoms with Gasteiger partial charge in [0, 0.05) is 22.1 Å². The van der Waals surface area contributed by atoms with Gasteiger partial charge in [0.25, 0.3) is 20.2 Å². The van der Waals surface area contributed by atoms with E-state index in [1.54, 1.807) is 66.7 Å². The molecule has 0 unspecified atom stereocenters. The van der Waals surface area contributed by atoms with Gasteiger partial charge in [0.2, 0.25) is 0 Å². The first-order valence-electron chi connectivity index (χ1n) is 20.0. The Bertz CT molecular complexity index is 3750. The Morgan fingerprint density at radius 3 is 1.67 bits per heavy atom. The highest BCUT2D eigenvalue weighted by Crippen LogP contribution is 2.47. The van der Waals surface area contributed by atoms with Crippen LogP contribution in [0.3, 0.4) is 0 Å². The second-order valence-electron chi connectivity index (χ2n) is 14.8. The van der Waals surface area contributed by atoms with E-state index in [4.69, 9.17) is 11.5 Å². The Balaban J connectivity index is 1.03. The van der Waals surface area contributed by atoms with Crippen molar-refractivity contribution in [2.24, 2.45) is 40.9 Å². The van der Waals surface area contributed by atoms with Crippen molar-refractivity contribution in [3.8, 4) is 11.5 Å². The minimum absolute atomic E-state index is 0.0206. The Hall–Kier alpha value is -9.09. The fourth-order valence-electron chi connectivity index (χ4n) is 6.87. The van der Waals surface area contributed by atoms with Crippen LogP contribution in [0.5, 0.6) is 11.5 Å². The molecule has 0 saturated heterocycles. The molecular weight excluding hydrogens is 929 g/mol.